The van der Waals surface area contributed by atoms with E-state index in [0.717, 1.165) is 17.7 Å². The Labute approximate surface area is 172 Å². The van der Waals surface area contributed by atoms with Gasteiger partial charge in [0.05, 0.1) is 18.0 Å². The molecule has 29 heavy (non-hydrogen) atoms. The van der Waals surface area contributed by atoms with Gasteiger partial charge in [-0.15, -0.1) is 0 Å². The topological polar surface area (TPSA) is 97.3 Å². The number of nitrogens with zero attached hydrogens (tertiary/aromatic N) is 5. The number of β-amino-alcohol motifs (C(OH)–C–C–N with tert-alkyl or cyclic N) is 1. The van der Waals surface area contributed by atoms with Crippen LogP contribution in [0.25, 0.3) is 0 Å². The highest BCUT2D eigenvalue weighted by Crippen LogP contribution is 2.21. The summed E-state index contributed by atoms with van der Waals surface area (Å²) in [6.45, 7) is 3.13. The minimum absolute atomic E-state index is 0.122. The SMILES string of the molecule is Cc1c(N2CC[C@H](O)C2)cnn(Cc2nc(CCc3ccc(Cl)cc3)no2)c1=O. The van der Waals surface area contributed by atoms with Gasteiger partial charge in [0.1, 0.15) is 6.54 Å². The molecule has 1 aliphatic heterocycles. The number of rotatable bonds is 6. The van der Waals surface area contributed by atoms with Gasteiger partial charge >= 0.3 is 0 Å². The number of halogens is 1. The van der Waals surface area contributed by atoms with Crippen LogP contribution in [0.15, 0.2) is 39.8 Å². The Hall–Kier alpha value is -2.71. The van der Waals surface area contributed by atoms with Gasteiger partial charge in [0.15, 0.2) is 5.82 Å². The third kappa shape index (κ3) is 4.49. The van der Waals surface area contributed by atoms with Crippen LogP contribution in [-0.4, -0.2) is 44.2 Å². The van der Waals surface area contributed by atoms with Crippen molar-refractivity contribution in [3.8, 4) is 0 Å². The van der Waals surface area contributed by atoms with Crippen molar-refractivity contribution in [1.82, 2.24) is 19.9 Å². The molecule has 2 aromatic heterocycles. The van der Waals surface area contributed by atoms with Crippen LogP contribution in [0.1, 0.15) is 29.3 Å². The van der Waals surface area contributed by atoms with E-state index in [1.54, 1.807) is 13.1 Å². The van der Waals surface area contributed by atoms with Crippen LogP contribution < -0.4 is 10.5 Å². The van der Waals surface area contributed by atoms with E-state index in [1.807, 2.05) is 29.2 Å². The molecule has 0 spiro atoms. The van der Waals surface area contributed by atoms with E-state index in [2.05, 4.69) is 15.2 Å². The second-order valence-electron chi connectivity index (χ2n) is 7.24. The summed E-state index contributed by atoms with van der Waals surface area (Å²) in [5.74, 6) is 0.928. The predicted molar refractivity (Wildman–Crippen MR) is 108 cm³/mol. The molecular weight excluding hydrogens is 394 g/mol. The molecular formula is C20H22ClN5O3. The second kappa shape index (κ2) is 8.34. The summed E-state index contributed by atoms with van der Waals surface area (Å²) in [4.78, 5) is 19.0. The number of aromatic nitrogens is 4. The largest absolute Gasteiger partial charge is 0.391 e. The van der Waals surface area contributed by atoms with Crippen LogP contribution in [-0.2, 0) is 19.4 Å². The highest BCUT2D eigenvalue weighted by atomic mass is 35.5. The Morgan fingerprint density at radius 1 is 1.28 bits per heavy atom. The van der Waals surface area contributed by atoms with Crippen LogP contribution >= 0.6 is 11.6 Å². The maximum atomic E-state index is 12.7. The molecule has 4 rings (SSSR count). The van der Waals surface area contributed by atoms with E-state index < -0.39 is 0 Å². The summed E-state index contributed by atoms with van der Waals surface area (Å²) in [6, 6.07) is 7.64. The maximum absolute atomic E-state index is 12.7. The van der Waals surface area contributed by atoms with E-state index >= 15 is 0 Å². The fraction of sp³-hybridized carbons (Fsp3) is 0.400. The molecule has 3 aromatic rings. The molecule has 1 fully saturated rings. The molecule has 3 heterocycles. The molecule has 0 aliphatic carbocycles. The third-order valence-electron chi connectivity index (χ3n) is 5.11. The quantitative estimate of drug-likeness (QED) is 0.657. The predicted octanol–water partition coefficient (Wildman–Crippen LogP) is 1.99. The molecule has 1 atom stereocenters. The van der Waals surface area contributed by atoms with Crippen molar-refractivity contribution in [2.45, 2.75) is 38.8 Å². The van der Waals surface area contributed by atoms with E-state index in [0.29, 0.717) is 48.2 Å². The molecule has 8 nitrogen and oxygen atoms in total. The number of aliphatic hydroxyl groups is 1. The molecule has 1 N–H and O–H groups in total. The lowest BCUT2D eigenvalue weighted by Crippen LogP contribution is -2.30. The zero-order valence-electron chi connectivity index (χ0n) is 16.1. The van der Waals surface area contributed by atoms with Crippen molar-refractivity contribution in [2.24, 2.45) is 0 Å². The van der Waals surface area contributed by atoms with Gasteiger partial charge in [0, 0.05) is 30.1 Å². The Morgan fingerprint density at radius 3 is 2.79 bits per heavy atom. The lowest BCUT2D eigenvalue weighted by Gasteiger charge is -2.19. The molecule has 1 aromatic carbocycles. The van der Waals surface area contributed by atoms with Gasteiger partial charge in [-0.2, -0.15) is 10.1 Å². The first-order chi connectivity index (χ1) is 14.0. The van der Waals surface area contributed by atoms with Crippen LogP contribution in [0.5, 0.6) is 0 Å². The summed E-state index contributed by atoms with van der Waals surface area (Å²) < 4.78 is 6.61. The minimum Gasteiger partial charge on any atom is -0.391 e. The standard InChI is InChI=1S/C20H22ClN5O3/c1-13-17(25-9-8-16(27)11-25)10-22-26(20(13)28)12-19-23-18(24-29-19)7-4-14-2-5-15(21)6-3-14/h2-3,5-6,10,16,27H,4,7-9,11-12H2,1H3/t16-/m0/s1. The first-order valence-corrected chi connectivity index (χ1v) is 9.93. The normalized spacial score (nSPS) is 16.5. The zero-order chi connectivity index (χ0) is 20.4. The van der Waals surface area contributed by atoms with Gasteiger partial charge < -0.3 is 14.5 Å². The molecule has 1 saturated heterocycles. The van der Waals surface area contributed by atoms with Crippen molar-refractivity contribution in [2.75, 3.05) is 18.0 Å². The van der Waals surface area contributed by atoms with Gasteiger partial charge in [0.2, 0.25) is 5.89 Å². The number of hydrogen-bond acceptors (Lipinski definition) is 7. The number of aliphatic hydroxyl groups excluding tert-OH is 1. The smallest absolute Gasteiger partial charge is 0.272 e. The van der Waals surface area contributed by atoms with Crippen LogP contribution in [0.4, 0.5) is 5.69 Å². The molecule has 0 bridgehead atoms. The van der Waals surface area contributed by atoms with Crippen molar-refractivity contribution in [1.29, 1.82) is 0 Å². The van der Waals surface area contributed by atoms with E-state index in [-0.39, 0.29) is 18.2 Å². The van der Waals surface area contributed by atoms with Gasteiger partial charge in [-0.25, -0.2) is 4.68 Å². The Bertz CT molecular complexity index is 1050. The fourth-order valence-corrected chi connectivity index (χ4v) is 3.59. The molecule has 152 valence electrons. The molecule has 1 aliphatic rings. The lowest BCUT2D eigenvalue weighted by atomic mass is 10.1. The van der Waals surface area contributed by atoms with Gasteiger partial charge in [-0.1, -0.05) is 28.9 Å². The summed E-state index contributed by atoms with van der Waals surface area (Å²) in [5.41, 5.74) is 2.29. The van der Waals surface area contributed by atoms with Crippen LogP contribution in [0.2, 0.25) is 5.02 Å². The van der Waals surface area contributed by atoms with E-state index in [1.165, 1.54) is 4.68 Å². The molecule has 9 heteroatoms. The van der Waals surface area contributed by atoms with Gasteiger partial charge in [0.25, 0.3) is 5.56 Å². The Balaban J connectivity index is 1.42. The van der Waals surface area contributed by atoms with Crippen molar-refractivity contribution in [3.63, 3.8) is 0 Å². The lowest BCUT2D eigenvalue weighted by molar-refractivity contribution is 0.198. The highest BCUT2D eigenvalue weighted by molar-refractivity contribution is 6.30. The Morgan fingerprint density at radius 2 is 2.07 bits per heavy atom. The van der Waals surface area contributed by atoms with E-state index in [4.69, 9.17) is 16.1 Å². The number of anilines is 1. The van der Waals surface area contributed by atoms with E-state index in [9.17, 15) is 9.90 Å². The van der Waals surface area contributed by atoms with Crippen LogP contribution in [0, 0.1) is 6.92 Å². The number of hydrogen-bond donors (Lipinski definition) is 1. The minimum atomic E-state index is -0.360. The van der Waals surface area contributed by atoms with Crippen molar-refractivity contribution < 1.29 is 9.63 Å². The maximum Gasteiger partial charge on any atom is 0.272 e. The first kappa shape index (κ1) is 19.6. The monoisotopic (exact) mass is 415 g/mol. The van der Waals surface area contributed by atoms with Crippen molar-refractivity contribution in [3.05, 3.63) is 68.7 Å². The van der Waals surface area contributed by atoms with Crippen molar-refractivity contribution >= 4 is 17.3 Å². The fourth-order valence-electron chi connectivity index (χ4n) is 3.46. The summed E-state index contributed by atoms with van der Waals surface area (Å²) >= 11 is 5.90. The average molecular weight is 416 g/mol. The summed E-state index contributed by atoms with van der Waals surface area (Å²) in [6.07, 6.45) is 3.39. The first-order valence-electron chi connectivity index (χ1n) is 9.55. The Kier molecular flexibility index (Phi) is 5.64. The van der Waals surface area contributed by atoms with Gasteiger partial charge in [-0.05, 0) is 37.5 Å². The zero-order valence-corrected chi connectivity index (χ0v) is 16.8. The average Bonchev–Trinajstić information content (AvgIpc) is 3.34. The molecule has 0 radical (unpaired) electrons. The number of aryl methyl sites for hydroxylation is 2. The third-order valence-corrected chi connectivity index (χ3v) is 5.36. The second-order valence-corrected chi connectivity index (χ2v) is 7.67. The van der Waals surface area contributed by atoms with Crippen LogP contribution in [0.3, 0.4) is 0 Å². The summed E-state index contributed by atoms with van der Waals surface area (Å²) in [5, 5.41) is 18.7. The number of benzene rings is 1. The molecule has 0 saturated carbocycles. The molecule has 0 amide bonds. The van der Waals surface area contributed by atoms with Gasteiger partial charge in [-0.3, -0.25) is 4.79 Å². The summed E-state index contributed by atoms with van der Waals surface area (Å²) in [7, 11) is 0. The molecule has 0 unspecified atom stereocenters. The highest BCUT2D eigenvalue weighted by Gasteiger charge is 2.23.